The van der Waals surface area contributed by atoms with Crippen molar-refractivity contribution in [1.29, 1.82) is 0 Å². The molecule has 0 radical (unpaired) electrons. The molecule has 7 N–H and O–H groups in total. The summed E-state index contributed by atoms with van der Waals surface area (Å²) < 4.78 is 5.17. The highest BCUT2D eigenvalue weighted by Gasteiger charge is 2.48. The number of aromatic amines is 1. The van der Waals surface area contributed by atoms with E-state index in [0.717, 1.165) is 54.5 Å². The zero-order valence-corrected chi connectivity index (χ0v) is 24.9. The molecule has 2 bridgehead atoms. The number of benzene rings is 3. The van der Waals surface area contributed by atoms with E-state index < -0.39 is 0 Å². The molecule has 0 aliphatic heterocycles. The van der Waals surface area contributed by atoms with Gasteiger partial charge in [0, 0.05) is 40.0 Å². The molecule has 6 rings (SSSR count). The van der Waals surface area contributed by atoms with Crippen molar-refractivity contribution in [2.24, 2.45) is 22.8 Å². The average molecular weight is 581 g/mol. The van der Waals surface area contributed by atoms with Crippen LogP contribution in [0.3, 0.4) is 0 Å². The van der Waals surface area contributed by atoms with Crippen LogP contribution < -0.4 is 26.8 Å². The summed E-state index contributed by atoms with van der Waals surface area (Å²) >= 11 is 0. The maximum Gasteiger partial charge on any atom is 0.255 e. The molecule has 2 amide bonds. The number of anilines is 1. The van der Waals surface area contributed by atoms with Crippen LogP contribution in [0.4, 0.5) is 5.69 Å². The van der Waals surface area contributed by atoms with Gasteiger partial charge in [-0.15, -0.1) is 0 Å². The molecule has 2 aliphatic carbocycles. The van der Waals surface area contributed by atoms with Crippen LogP contribution in [-0.2, 0) is 0 Å². The van der Waals surface area contributed by atoms with Gasteiger partial charge in [-0.2, -0.15) is 0 Å². The summed E-state index contributed by atoms with van der Waals surface area (Å²) in [6.45, 7) is 4.43. The highest BCUT2D eigenvalue weighted by molar-refractivity contribution is 6.06. The van der Waals surface area contributed by atoms with Crippen molar-refractivity contribution in [2.75, 3.05) is 12.4 Å². The third kappa shape index (κ3) is 6.00. The van der Waals surface area contributed by atoms with E-state index in [1.165, 1.54) is 0 Å². The van der Waals surface area contributed by atoms with Crippen molar-refractivity contribution in [1.82, 2.24) is 15.3 Å². The van der Waals surface area contributed by atoms with Gasteiger partial charge >= 0.3 is 0 Å². The van der Waals surface area contributed by atoms with Gasteiger partial charge in [-0.05, 0) is 98.0 Å². The number of carbonyl (C=O) groups is 2. The van der Waals surface area contributed by atoms with Crippen LogP contribution in [0.25, 0.3) is 22.4 Å². The van der Waals surface area contributed by atoms with Crippen LogP contribution in [0.2, 0.25) is 0 Å². The van der Waals surface area contributed by atoms with Gasteiger partial charge in [-0.25, -0.2) is 4.98 Å². The van der Waals surface area contributed by atoms with Gasteiger partial charge < -0.3 is 31.8 Å². The monoisotopic (exact) mass is 580 g/mol. The molecule has 0 saturated heterocycles. The van der Waals surface area contributed by atoms with E-state index >= 15 is 0 Å². The quantitative estimate of drug-likeness (QED) is 0.211. The largest absolute Gasteiger partial charge is 0.497 e. The third-order valence-electron chi connectivity index (χ3n) is 9.35. The Morgan fingerprint density at radius 1 is 0.977 bits per heavy atom. The minimum Gasteiger partial charge on any atom is -0.497 e. The molecular formula is C34H40N6O3. The zero-order chi connectivity index (χ0) is 30.4. The van der Waals surface area contributed by atoms with Crippen LogP contribution >= 0.6 is 0 Å². The lowest BCUT2D eigenvalue weighted by atomic mass is 9.71. The Hall–Kier alpha value is -4.21. The second kappa shape index (κ2) is 11.1. The van der Waals surface area contributed by atoms with Crippen molar-refractivity contribution >= 4 is 28.5 Å². The highest BCUT2D eigenvalue weighted by Crippen LogP contribution is 2.50. The molecule has 224 valence electrons. The number of nitrogens with two attached hydrogens (primary N) is 2. The summed E-state index contributed by atoms with van der Waals surface area (Å²) in [5.41, 5.74) is 17.5. The number of rotatable bonds is 6. The number of nitrogens with one attached hydrogen (secondary N) is 3. The molecule has 4 aromatic rings. The summed E-state index contributed by atoms with van der Waals surface area (Å²) in [6.07, 6.45) is 4.82. The molecule has 1 aromatic heterocycles. The summed E-state index contributed by atoms with van der Waals surface area (Å²) in [4.78, 5) is 34.2. The number of aromatic nitrogens is 2. The van der Waals surface area contributed by atoms with E-state index in [1.54, 1.807) is 55.6 Å². The second-order valence-corrected chi connectivity index (χ2v) is 13.0. The summed E-state index contributed by atoms with van der Waals surface area (Å²) in [6, 6.07) is 19.6. The van der Waals surface area contributed by atoms with Gasteiger partial charge in [0.1, 0.15) is 11.6 Å². The van der Waals surface area contributed by atoms with Crippen molar-refractivity contribution in [2.45, 2.75) is 63.6 Å². The molecule has 2 saturated carbocycles. The van der Waals surface area contributed by atoms with Gasteiger partial charge in [0.05, 0.1) is 18.1 Å². The smallest absolute Gasteiger partial charge is 0.255 e. The lowest BCUT2D eigenvalue weighted by molar-refractivity contribution is 0.0878. The summed E-state index contributed by atoms with van der Waals surface area (Å²) in [5.74, 6) is 1.20. The number of nitrogens with zero attached hydrogens (tertiary/aromatic N) is 1. The Kier molecular flexibility index (Phi) is 7.48. The minimum absolute atomic E-state index is 0.121. The van der Waals surface area contributed by atoms with Crippen LogP contribution in [0.1, 0.15) is 66.7 Å². The first-order valence-corrected chi connectivity index (χ1v) is 14.9. The Balaban J connectivity index is 1.14. The van der Waals surface area contributed by atoms with Crippen LogP contribution in [0, 0.1) is 11.3 Å². The number of amides is 2. The molecule has 9 heteroatoms. The first-order chi connectivity index (χ1) is 20.5. The Bertz CT molecular complexity index is 1630. The second-order valence-electron chi connectivity index (χ2n) is 13.0. The van der Waals surface area contributed by atoms with Gasteiger partial charge in [-0.1, -0.05) is 26.0 Å². The molecule has 43 heavy (non-hydrogen) atoms. The molecule has 0 spiro atoms. The van der Waals surface area contributed by atoms with Gasteiger partial charge in [0.2, 0.25) is 0 Å². The average Bonchev–Trinajstić information content (AvgIpc) is 3.55. The highest BCUT2D eigenvalue weighted by atomic mass is 16.5. The lowest BCUT2D eigenvalue weighted by Gasteiger charge is -2.41. The Labute approximate surface area is 251 Å². The molecule has 3 unspecified atom stereocenters. The van der Waals surface area contributed by atoms with Crippen molar-refractivity contribution in [3.63, 3.8) is 0 Å². The first-order valence-electron chi connectivity index (χ1n) is 14.9. The van der Waals surface area contributed by atoms with E-state index in [1.807, 2.05) is 18.2 Å². The normalized spacial score (nSPS) is 26.9. The molecule has 9 nitrogen and oxygen atoms in total. The number of imidazole rings is 1. The van der Waals surface area contributed by atoms with E-state index in [2.05, 4.69) is 29.5 Å². The SMILES string of the molecule is COc1ccc(NC(=O)c2ccc3nc(-c4ccc(C(=O)NC5C(C)C[C@]6(N)CCC(C)(C[C@H]5N)C6)cc4)[nH]c3c2)cc1. The minimum atomic E-state index is -0.222. The number of carbonyl (C=O) groups excluding carboxylic acids is 2. The molecular weight excluding hydrogens is 540 g/mol. The van der Waals surface area contributed by atoms with Crippen molar-refractivity contribution < 1.29 is 14.3 Å². The standard InChI is InChI=1S/C34H40N6O3/c1-20-17-34(36)15-14-33(2,19-34)18-26(35)29(20)40-31(41)22-6-4-21(5-7-22)30-38-27-13-8-23(16-28(27)39-30)32(42)37-24-9-11-25(43-3)12-10-24/h4-13,16,20,26,29H,14-15,17-19,35-36H2,1-3H3,(H,37,42)(H,38,39)(H,40,41)/t20?,26-,29?,33?,34-/m1/s1. The lowest BCUT2D eigenvalue weighted by Crippen LogP contribution is -2.56. The van der Waals surface area contributed by atoms with E-state index in [9.17, 15) is 9.59 Å². The summed E-state index contributed by atoms with van der Waals surface area (Å²) in [5, 5.41) is 6.14. The predicted octanol–water partition coefficient (Wildman–Crippen LogP) is 5.23. The maximum absolute atomic E-state index is 13.3. The Morgan fingerprint density at radius 3 is 2.42 bits per heavy atom. The summed E-state index contributed by atoms with van der Waals surface area (Å²) in [7, 11) is 1.60. The molecule has 2 aliphatic rings. The number of hydrogen-bond donors (Lipinski definition) is 5. The topological polar surface area (TPSA) is 148 Å². The van der Waals surface area contributed by atoms with Gasteiger partial charge in [0.15, 0.2) is 0 Å². The van der Waals surface area contributed by atoms with Gasteiger partial charge in [0.25, 0.3) is 11.8 Å². The third-order valence-corrected chi connectivity index (χ3v) is 9.35. The number of fused-ring (bicyclic) bond motifs is 3. The molecule has 5 atom stereocenters. The molecule has 2 fully saturated rings. The molecule has 1 heterocycles. The Morgan fingerprint density at radius 2 is 1.70 bits per heavy atom. The fourth-order valence-electron chi connectivity index (χ4n) is 7.24. The molecule has 3 aromatic carbocycles. The van der Waals surface area contributed by atoms with Crippen molar-refractivity contribution in [3.05, 3.63) is 77.9 Å². The first kappa shape index (κ1) is 28.9. The fourth-order valence-corrected chi connectivity index (χ4v) is 7.24. The number of ether oxygens (including phenoxy) is 1. The number of H-pyrrole nitrogens is 1. The van der Waals surface area contributed by atoms with Crippen molar-refractivity contribution in [3.8, 4) is 17.1 Å². The number of methoxy groups -OCH3 is 1. The van der Waals surface area contributed by atoms with Gasteiger partial charge in [-0.3, -0.25) is 9.59 Å². The zero-order valence-electron chi connectivity index (χ0n) is 24.9. The van der Waals surface area contributed by atoms with Crippen LogP contribution in [-0.4, -0.2) is 46.5 Å². The van der Waals surface area contributed by atoms with E-state index in [4.69, 9.17) is 21.2 Å². The predicted molar refractivity (Wildman–Crippen MR) is 169 cm³/mol. The van der Waals surface area contributed by atoms with Crippen LogP contribution in [0.15, 0.2) is 66.7 Å². The van der Waals surface area contributed by atoms with E-state index in [-0.39, 0.29) is 40.8 Å². The fraction of sp³-hybridized carbons (Fsp3) is 0.382. The number of hydrogen-bond acceptors (Lipinski definition) is 6. The van der Waals surface area contributed by atoms with Crippen LogP contribution in [0.5, 0.6) is 5.75 Å². The maximum atomic E-state index is 13.3. The van der Waals surface area contributed by atoms with E-state index in [0.29, 0.717) is 22.6 Å².